The standard InChI is InChI=1S/C31H40N6O4/c1-21(33-29(39)26-17-28(38)36-16-6-5-12-27(36)34-26)25-14-13-23(18-32-25)35-15-8-11-24(20-35)37(19-22-9-7-10-22)30(40)41-31(2,3)4/h5-6,12-14,16-18,21-22,24H,7-11,15,19-20H2,1-4H3,(H,33,39)/t21?,24-/m1/s1. The Morgan fingerprint density at radius 2 is 1.95 bits per heavy atom. The van der Waals surface area contributed by atoms with E-state index in [0.717, 1.165) is 38.2 Å². The second-order valence-corrected chi connectivity index (χ2v) is 12.2. The number of nitrogens with zero attached hydrogens (tertiary/aromatic N) is 5. The topological polar surface area (TPSA) is 109 Å². The van der Waals surface area contributed by atoms with Gasteiger partial charge in [0.2, 0.25) is 0 Å². The van der Waals surface area contributed by atoms with Crippen molar-refractivity contribution in [2.24, 2.45) is 5.92 Å². The van der Waals surface area contributed by atoms with Gasteiger partial charge < -0.3 is 19.9 Å². The minimum Gasteiger partial charge on any atom is -0.444 e. The lowest BCUT2D eigenvalue weighted by Gasteiger charge is -2.43. The van der Waals surface area contributed by atoms with Gasteiger partial charge in [-0.15, -0.1) is 0 Å². The van der Waals surface area contributed by atoms with Gasteiger partial charge in [0.15, 0.2) is 0 Å². The first-order valence-electron chi connectivity index (χ1n) is 14.6. The van der Waals surface area contributed by atoms with Gasteiger partial charge in [-0.3, -0.25) is 19.0 Å². The zero-order valence-electron chi connectivity index (χ0n) is 24.4. The first kappa shape index (κ1) is 28.6. The van der Waals surface area contributed by atoms with Crippen LogP contribution in [0.2, 0.25) is 0 Å². The van der Waals surface area contributed by atoms with Crippen LogP contribution in [-0.2, 0) is 4.74 Å². The number of ether oxygens (including phenoxy) is 1. The van der Waals surface area contributed by atoms with Gasteiger partial charge in [0.1, 0.15) is 16.9 Å². The molecule has 4 heterocycles. The average molecular weight is 561 g/mol. The fourth-order valence-electron chi connectivity index (χ4n) is 5.45. The Labute approximate surface area is 240 Å². The highest BCUT2D eigenvalue weighted by Crippen LogP contribution is 2.31. The van der Waals surface area contributed by atoms with Crippen molar-refractivity contribution in [1.82, 2.24) is 24.6 Å². The number of carbonyl (C=O) groups excluding carboxylic acids is 2. The van der Waals surface area contributed by atoms with E-state index in [1.54, 1.807) is 24.4 Å². The molecule has 10 nitrogen and oxygen atoms in total. The molecule has 0 radical (unpaired) electrons. The second kappa shape index (κ2) is 11.9. The molecule has 0 bridgehead atoms. The molecule has 1 N–H and O–H groups in total. The highest BCUT2D eigenvalue weighted by molar-refractivity contribution is 5.92. The summed E-state index contributed by atoms with van der Waals surface area (Å²) in [5.74, 6) is 0.124. The highest BCUT2D eigenvalue weighted by atomic mass is 16.6. The third-order valence-electron chi connectivity index (χ3n) is 7.88. The molecule has 1 aliphatic heterocycles. The molecular formula is C31H40N6O4. The van der Waals surface area contributed by atoms with Crippen molar-refractivity contribution in [3.63, 3.8) is 0 Å². The van der Waals surface area contributed by atoms with Crippen LogP contribution in [0.25, 0.3) is 5.65 Å². The molecule has 41 heavy (non-hydrogen) atoms. The lowest BCUT2D eigenvalue weighted by Crippen LogP contribution is -2.53. The highest BCUT2D eigenvalue weighted by Gasteiger charge is 2.34. The van der Waals surface area contributed by atoms with Crippen molar-refractivity contribution in [2.75, 3.05) is 24.5 Å². The van der Waals surface area contributed by atoms with E-state index in [-0.39, 0.29) is 29.4 Å². The first-order valence-corrected chi connectivity index (χ1v) is 14.6. The predicted octanol–water partition coefficient (Wildman–Crippen LogP) is 4.59. The molecule has 10 heteroatoms. The van der Waals surface area contributed by atoms with Gasteiger partial charge in [0, 0.05) is 31.9 Å². The number of rotatable bonds is 7. The van der Waals surface area contributed by atoms with Crippen molar-refractivity contribution in [3.8, 4) is 0 Å². The molecule has 2 amide bonds. The smallest absolute Gasteiger partial charge is 0.410 e. The lowest BCUT2D eigenvalue weighted by atomic mass is 9.84. The van der Waals surface area contributed by atoms with E-state index in [9.17, 15) is 14.4 Å². The Hall–Kier alpha value is -3.95. The number of amides is 2. The van der Waals surface area contributed by atoms with Crippen LogP contribution in [-0.4, -0.2) is 62.5 Å². The van der Waals surface area contributed by atoms with Crippen molar-refractivity contribution in [3.05, 3.63) is 70.5 Å². The summed E-state index contributed by atoms with van der Waals surface area (Å²) in [7, 11) is 0. The molecule has 1 aliphatic carbocycles. The molecule has 5 rings (SSSR count). The summed E-state index contributed by atoms with van der Waals surface area (Å²) >= 11 is 0. The van der Waals surface area contributed by atoms with Crippen LogP contribution in [0.15, 0.2) is 53.6 Å². The SMILES string of the molecule is CC(NC(=O)c1cc(=O)n2ccccc2n1)c1ccc(N2CCC[C@@H](N(CC3CCC3)C(=O)OC(C)(C)C)C2)cn1. The lowest BCUT2D eigenvalue weighted by molar-refractivity contribution is 0.00735. The molecule has 218 valence electrons. The molecule has 3 aromatic rings. The summed E-state index contributed by atoms with van der Waals surface area (Å²) in [5.41, 5.74) is 1.32. The number of pyridine rings is 2. The number of piperidine rings is 1. The summed E-state index contributed by atoms with van der Waals surface area (Å²) in [6, 6.07) is 10.1. The first-order chi connectivity index (χ1) is 19.6. The maximum atomic E-state index is 13.2. The Morgan fingerprint density at radius 3 is 2.63 bits per heavy atom. The Balaban J connectivity index is 1.24. The van der Waals surface area contributed by atoms with Crippen LogP contribution in [0.1, 0.15) is 82.0 Å². The van der Waals surface area contributed by atoms with Gasteiger partial charge in [-0.05, 0) is 83.6 Å². The summed E-state index contributed by atoms with van der Waals surface area (Å²) in [5, 5.41) is 2.90. The predicted molar refractivity (Wildman–Crippen MR) is 157 cm³/mol. The maximum Gasteiger partial charge on any atom is 0.410 e. The number of hydrogen-bond donors (Lipinski definition) is 1. The van der Waals surface area contributed by atoms with Crippen molar-refractivity contribution < 1.29 is 14.3 Å². The van der Waals surface area contributed by atoms with E-state index < -0.39 is 11.5 Å². The van der Waals surface area contributed by atoms with E-state index in [4.69, 9.17) is 4.74 Å². The van der Waals surface area contributed by atoms with Crippen LogP contribution in [0, 0.1) is 5.92 Å². The number of aromatic nitrogens is 3. The maximum absolute atomic E-state index is 13.2. The number of hydrogen-bond acceptors (Lipinski definition) is 7. The fraction of sp³-hybridized carbons (Fsp3) is 0.516. The van der Waals surface area contributed by atoms with E-state index in [1.165, 1.54) is 29.7 Å². The fourth-order valence-corrected chi connectivity index (χ4v) is 5.45. The second-order valence-electron chi connectivity index (χ2n) is 12.2. The van der Waals surface area contributed by atoms with Gasteiger partial charge in [0.25, 0.3) is 11.5 Å². The van der Waals surface area contributed by atoms with Gasteiger partial charge in [-0.2, -0.15) is 0 Å². The third-order valence-corrected chi connectivity index (χ3v) is 7.88. The summed E-state index contributed by atoms with van der Waals surface area (Å²) < 4.78 is 7.19. The van der Waals surface area contributed by atoms with E-state index in [1.807, 2.05) is 50.9 Å². The quantitative estimate of drug-likeness (QED) is 0.450. The largest absolute Gasteiger partial charge is 0.444 e. The number of nitrogens with one attached hydrogen (secondary N) is 1. The van der Waals surface area contributed by atoms with Crippen LogP contribution < -0.4 is 15.8 Å². The van der Waals surface area contributed by atoms with E-state index in [2.05, 4.69) is 20.2 Å². The van der Waals surface area contributed by atoms with Crippen LogP contribution in [0.3, 0.4) is 0 Å². The van der Waals surface area contributed by atoms with Gasteiger partial charge in [0.05, 0.1) is 29.7 Å². The van der Waals surface area contributed by atoms with E-state index in [0.29, 0.717) is 17.3 Å². The average Bonchev–Trinajstić information content (AvgIpc) is 2.91. The third kappa shape index (κ3) is 6.86. The summed E-state index contributed by atoms with van der Waals surface area (Å²) in [4.78, 5) is 51.7. The Kier molecular flexibility index (Phi) is 8.28. The molecule has 1 unspecified atom stereocenters. The number of carbonyl (C=O) groups is 2. The molecule has 2 aliphatic rings. The van der Waals surface area contributed by atoms with Crippen LogP contribution in [0.5, 0.6) is 0 Å². The summed E-state index contributed by atoms with van der Waals surface area (Å²) in [6.45, 7) is 9.95. The Bertz CT molecular complexity index is 1440. The Morgan fingerprint density at radius 1 is 1.15 bits per heavy atom. The molecule has 0 aromatic carbocycles. The summed E-state index contributed by atoms with van der Waals surface area (Å²) in [6.07, 6.45) is 8.72. The van der Waals surface area contributed by atoms with Crippen LogP contribution >= 0.6 is 0 Å². The molecule has 3 aromatic heterocycles. The minimum atomic E-state index is -0.532. The van der Waals surface area contributed by atoms with Crippen LogP contribution in [0.4, 0.5) is 10.5 Å². The van der Waals surface area contributed by atoms with Crippen molar-refractivity contribution >= 4 is 23.3 Å². The zero-order valence-corrected chi connectivity index (χ0v) is 24.4. The molecule has 1 saturated carbocycles. The molecule has 2 fully saturated rings. The number of anilines is 1. The van der Waals surface area contributed by atoms with E-state index >= 15 is 0 Å². The molecular weight excluding hydrogens is 520 g/mol. The monoisotopic (exact) mass is 560 g/mol. The minimum absolute atomic E-state index is 0.0699. The molecule has 0 spiro atoms. The van der Waals surface area contributed by atoms with Crippen molar-refractivity contribution in [1.29, 1.82) is 0 Å². The van der Waals surface area contributed by atoms with Crippen molar-refractivity contribution in [2.45, 2.75) is 77.5 Å². The molecule has 1 saturated heterocycles. The normalized spacial score (nSPS) is 18.4. The number of fused-ring (bicyclic) bond motifs is 1. The van der Waals surface area contributed by atoms with Gasteiger partial charge >= 0.3 is 6.09 Å². The van der Waals surface area contributed by atoms with Gasteiger partial charge in [-0.25, -0.2) is 9.78 Å². The zero-order chi connectivity index (χ0) is 29.1. The van der Waals surface area contributed by atoms with Gasteiger partial charge in [-0.1, -0.05) is 12.5 Å². The molecule has 2 atom stereocenters.